The normalized spacial score (nSPS) is 20.4. The first-order valence-corrected chi connectivity index (χ1v) is 8.15. The molecule has 0 spiro atoms. The lowest BCUT2D eigenvalue weighted by molar-refractivity contribution is -0.124. The zero-order valence-corrected chi connectivity index (χ0v) is 13.2. The molecule has 1 amide bonds. The number of hydrogen-bond donors (Lipinski definition) is 1. The summed E-state index contributed by atoms with van der Waals surface area (Å²) in [6.07, 6.45) is 7.16. The van der Waals surface area contributed by atoms with Crippen LogP contribution in [-0.2, 0) is 4.79 Å². The highest BCUT2D eigenvalue weighted by Gasteiger charge is 2.27. The van der Waals surface area contributed by atoms with E-state index >= 15 is 0 Å². The molecular formula is C18H24N2O2. The van der Waals surface area contributed by atoms with E-state index in [0.717, 1.165) is 6.42 Å². The average Bonchev–Trinajstić information content (AvgIpc) is 2.98. The van der Waals surface area contributed by atoms with Crippen molar-refractivity contribution in [3.63, 3.8) is 0 Å². The van der Waals surface area contributed by atoms with Crippen molar-refractivity contribution in [3.05, 3.63) is 29.8 Å². The van der Waals surface area contributed by atoms with Gasteiger partial charge in [-0.15, -0.1) is 0 Å². The number of amides is 1. The maximum atomic E-state index is 12.0. The van der Waals surface area contributed by atoms with Gasteiger partial charge < -0.3 is 10.1 Å². The summed E-state index contributed by atoms with van der Waals surface area (Å²) in [5.74, 6) is 1.18. The minimum absolute atomic E-state index is 0.0307. The summed E-state index contributed by atoms with van der Waals surface area (Å²) in [6, 6.07) is 9.16. The highest BCUT2D eigenvalue weighted by molar-refractivity contribution is 5.77. The standard InChI is InChI=1S/C18H24N2O2/c1-2-3-5-15-6-4-7-17(15)20-18(21)13-22-16-10-8-14(12-19)9-11-16/h8-11,15,17H,2-7,13H2,1H3,(H,20,21). The number of carbonyl (C=O) groups excluding carboxylic acids is 1. The van der Waals surface area contributed by atoms with Gasteiger partial charge >= 0.3 is 0 Å². The van der Waals surface area contributed by atoms with E-state index in [1.807, 2.05) is 0 Å². The van der Waals surface area contributed by atoms with Crippen LogP contribution in [0.2, 0.25) is 0 Å². The summed E-state index contributed by atoms with van der Waals surface area (Å²) in [6.45, 7) is 2.23. The van der Waals surface area contributed by atoms with E-state index < -0.39 is 0 Å². The molecule has 22 heavy (non-hydrogen) atoms. The Balaban J connectivity index is 1.76. The molecule has 0 radical (unpaired) electrons. The maximum Gasteiger partial charge on any atom is 0.258 e. The summed E-state index contributed by atoms with van der Waals surface area (Å²) >= 11 is 0. The van der Waals surface area contributed by atoms with Crippen molar-refractivity contribution in [2.24, 2.45) is 5.92 Å². The van der Waals surface area contributed by atoms with Crippen molar-refractivity contribution in [2.75, 3.05) is 6.61 Å². The third-order valence-electron chi connectivity index (χ3n) is 4.29. The SMILES string of the molecule is CCCCC1CCCC1NC(=O)COc1ccc(C#N)cc1. The lowest BCUT2D eigenvalue weighted by atomic mass is 9.97. The summed E-state index contributed by atoms with van der Waals surface area (Å²) in [7, 11) is 0. The molecule has 0 aromatic heterocycles. The molecule has 1 aromatic carbocycles. The molecule has 4 nitrogen and oxygen atoms in total. The van der Waals surface area contributed by atoms with E-state index in [9.17, 15) is 4.79 Å². The van der Waals surface area contributed by atoms with Gasteiger partial charge in [0.1, 0.15) is 5.75 Å². The van der Waals surface area contributed by atoms with Crippen molar-refractivity contribution < 1.29 is 9.53 Å². The molecule has 1 aromatic rings. The number of nitriles is 1. The Morgan fingerprint density at radius 2 is 2.14 bits per heavy atom. The molecule has 2 rings (SSSR count). The van der Waals surface area contributed by atoms with Crippen LogP contribution in [0.25, 0.3) is 0 Å². The van der Waals surface area contributed by atoms with Crippen LogP contribution in [0.1, 0.15) is 51.0 Å². The van der Waals surface area contributed by atoms with E-state index in [1.165, 1.54) is 32.1 Å². The average molecular weight is 300 g/mol. The number of rotatable bonds is 7. The predicted molar refractivity (Wildman–Crippen MR) is 85.4 cm³/mol. The maximum absolute atomic E-state index is 12.0. The van der Waals surface area contributed by atoms with Crippen molar-refractivity contribution in [1.82, 2.24) is 5.32 Å². The van der Waals surface area contributed by atoms with Crippen molar-refractivity contribution in [2.45, 2.75) is 51.5 Å². The molecule has 118 valence electrons. The molecule has 1 aliphatic rings. The number of ether oxygens (including phenoxy) is 1. The molecule has 0 saturated heterocycles. The molecule has 1 N–H and O–H groups in total. The fraction of sp³-hybridized carbons (Fsp3) is 0.556. The highest BCUT2D eigenvalue weighted by atomic mass is 16.5. The lowest BCUT2D eigenvalue weighted by Crippen LogP contribution is -2.40. The van der Waals surface area contributed by atoms with Crippen LogP contribution in [-0.4, -0.2) is 18.6 Å². The smallest absolute Gasteiger partial charge is 0.258 e. The van der Waals surface area contributed by atoms with Crippen LogP contribution in [0.5, 0.6) is 5.75 Å². The monoisotopic (exact) mass is 300 g/mol. The third kappa shape index (κ3) is 4.77. The molecular weight excluding hydrogens is 276 g/mol. The van der Waals surface area contributed by atoms with Crippen molar-refractivity contribution >= 4 is 5.91 Å². The molecule has 4 heteroatoms. The van der Waals surface area contributed by atoms with E-state index in [-0.39, 0.29) is 12.5 Å². The fourth-order valence-corrected chi connectivity index (χ4v) is 3.06. The number of unbranched alkanes of at least 4 members (excludes halogenated alkanes) is 1. The van der Waals surface area contributed by atoms with E-state index in [4.69, 9.17) is 10.00 Å². The van der Waals surface area contributed by atoms with Gasteiger partial charge in [-0.3, -0.25) is 4.79 Å². The zero-order chi connectivity index (χ0) is 15.8. The van der Waals surface area contributed by atoms with Gasteiger partial charge in [-0.1, -0.05) is 26.2 Å². The van der Waals surface area contributed by atoms with Gasteiger partial charge in [-0.2, -0.15) is 5.26 Å². The molecule has 0 bridgehead atoms. The number of nitrogens with one attached hydrogen (secondary N) is 1. The second-order valence-corrected chi connectivity index (χ2v) is 5.93. The van der Waals surface area contributed by atoms with Gasteiger partial charge in [0.2, 0.25) is 0 Å². The van der Waals surface area contributed by atoms with Crippen LogP contribution in [0.3, 0.4) is 0 Å². The summed E-state index contributed by atoms with van der Waals surface area (Å²) in [5.41, 5.74) is 0.585. The van der Waals surface area contributed by atoms with Gasteiger partial charge in [0.25, 0.3) is 5.91 Å². The Labute approximate surface area is 132 Å². The Kier molecular flexibility index (Phi) is 6.27. The van der Waals surface area contributed by atoms with Gasteiger partial charge in [-0.05, 0) is 49.4 Å². The largest absolute Gasteiger partial charge is 0.484 e. The van der Waals surface area contributed by atoms with Crippen LogP contribution in [0, 0.1) is 17.2 Å². The minimum atomic E-state index is -0.0576. The highest BCUT2D eigenvalue weighted by Crippen LogP contribution is 2.29. The zero-order valence-electron chi connectivity index (χ0n) is 13.2. The topological polar surface area (TPSA) is 62.1 Å². The molecule has 0 heterocycles. The van der Waals surface area contributed by atoms with Crippen molar-refractivity contribution in [1.29, 1.82) is 5.26 Å². The van der Waals surface area contributed by atoms with Gasteiger partial charge in [0, 0.05) is 6.04 Å². The first-order valence-electron chi connectivity index (χ1n) is 8.15. The summed E-state index contributed by atoms with van der Waals surface area (Å²) < 4.78 is 5.47. The van der Waals surface area contributed by atoms with Crippen molar-refractivity contribution in [3.8, 4) is 11.8 Å². The molecule has 1 aliphatic carbocycles. The van der Waals surface area contributed by atoms with E-state index in [0.29, 0.717) is 23.3 Å². The van der Waals surface area contributed by atoms with Gasteiger partial charge in [-0.25, -0.2) is 0 Å². The Morgan fingerprint density at radius 3 is 2.82 bits per heavy atom. The van der Waals surface area contributed by atoms with Crippen LogP contribution in [0.4, 0.5) is 0 Å². The second kappa shape index (κ2) is 8.43. The Morgan fingerprint density at radius 1 is 1.36 bits per heavy atom. The van der Waals surface area contributed by atoms with Crippen LogP contribution in [0.15, 0.2) is 24.3 Å². The minimum Gasteiger partial charge on any atom is -0.484 e. The van der Waals surface area contributed by atoms with Gasteiger partial charge in [0.05, 0.1) is 11.6 Å². The fourth-order valence-electron chi connectivity index (χ4n) is 3.06. The third-order valence-corrected chi connectivity index (χ3v) is 4.29. The number of benzene rings is 1. The number of nitrogens with zero attached hydrogens (tertiary/aromatic N) is 1. The lowest BCUT2D eigenvalue weighted by Gasteiger charge is -2.21. The first-order chi connectivity index (χ1) is 10.7. The Hall–Kier alpha value is -2.02. The molecule has 0 aliphatic heterocycles. The molecule has 2 atom stereocenters. The van der Waals surface area contributed by atoms with E-state index in [2.05, 4.69) is 18.3 Å². The summed E-state index contributed by atoms with van der Waals surface area (Å²) in [5, 5.41) is 11.9. The molecule has 2 unspecified atom stereocenters. The molecule has 1 saturated carbocycles. The Bertz CT molecular complexity index is 519. The summed E-state index contributed by atoms with van der Waals surface area (Å²) in [4.78, 5) is 12.0. The number of carbonyl (C=O) groups is 1. The predicted octanol–water partition coefficient (Wildman–Crippen LogP) is 3.41. The first kappa shape index (κ1) is 16.4. The van der Waals surface area contributed by atoms with Crippen LogP contribution >= 0.6 is 0 Å². The second-order valence-electron chi connectivity index (χ2n) is 5.93. The van der Waals surface area contributed by atoms with Gasteiger partial charge in [0.15, 0.2) is 6.61 Å². The molecule has 1 fully saturated rings. The number of hydrogen-bond acceptors (Lipinski definition) is 3. The van der Waals surface area contributed by atoms with E-state index in [1.54, 1.807) is 24.3 Å². The van der Waals surface area contributed by atoms with Crippen LogP contribution < -0.4 is 10.1 Å². The quantitative estimate of drug-likeness (QED) is 0.839.